The van der Waals surface area contributed by atoms with Crippen molar-refractivity contribution in [2.75, 3.05) is 0 Å². The van der Waals surface area contributed by atoms with Gasteiger partial charge in [-0.3, -0.25) is 0 Å². The Labute approximate surface area is 307 Å². The van der Waals surface area contributed by atoms with Crippen molar-refractivity contribution in [2.24, 2.45) is 0 Å². The molecule has 1 aliphatic heterocycles. The van der Waals surface area contributed by atoms with Crippen molar-refractivity contribution < 1.29 is 4.57 Å². The average Bonchev–Trinajstić information content (AvgIpc) is 3.46. The van der Waals surface area contributed by atoms with Gasteiger partial charge in [0.15, 0.2) is 11.0 Å². The van der Waals surface area contributed by atoms with Gasteiger partial charge in [-0.2, -0.15) is 4.57 Å². The number of nitrogens with zero attached hydrogens (tertiary/aromatic N) is 2. The van der Waals surface area contributed by atoms with Crippen LogP contribution in [0.3, 0.4) is 0 Å². The summed E-state index contributed by atoms with van der Waals surface area (Å²) in [5, 5.41) is 5.50. The molecule has 2 heterocycles. The highest BCUT2D eigenvalue weighted by molar-refractivity contribution is 6.28. The molecule has 2 nitrogen and oxygen atoms in total. The van der Waals surface area contributed by atoms with E-state index < -0.39 is 0 Å². The molecule has 0 amide bonds. The number of para-hydroxylation sites is 1. The summed E-state index contributed by atoms with van der Waals surface area (Å²) in [6.07, 6.45) is 8.40. The van der Waals surface area contributed by atoms with Crippen LogP contribution in [0.5, 0.6) is 0 Å². The first-order valence-electron chi connectivity index (χ1n) is 19.2. The van der Waals surface area contributed by atoms with Crippen LogP contribution < -0.4 is 4.57 Å². The molecule has 1 aliphatic rings. The van der Waals surface area contributed by atoms with Crippen LogP contribution in [-0.2, 0) is 12.0 Å². The predicted molar refractivity (Wildman–Crippen MR) is 225 cm³/mol. The molecule has 0 radical (unpaired) electrons. The molecule has 0 bridgehead atoms. The van der Waals surface area contributed by atoms with Crippen LogP contribution in [-0.4, -0.2) is 4.57 Å². The van der Waals surface area contributed by atoms with Gasteiger partial charge >= 0.3 is 0 Å². The van der Waals surface area contributed by atoms with E-state index in [-0.39, 0.29) is 5.41 Å². The molecule has 1 aromatic heterocycles. The summed E-state index contributed by atoms with van der Waals surface area (Å²) < 4.78 is 5.32. The number of allylic oxidation sites excluding steroid dienone is 5. The van der Waals surface area contributed by atoms with Gasteiger partial charge in [-0.25, -0.2) is 4.57 Å². The van der Waals surface area contributed by atoms with Gasteiger partial charge in [0, 0.05) is 21.6 Å². The molecule has 0 saturated heterocycles. The third-order valence-electron chi connectivity index (χ3n) is 11.0. The second kappa shape index (κ2) is 15.3. The molecular weight excluding hydrogens is 617 g/mol. The fourth-order valence-electron chi connectivity index (χ4n) is 8.54. The number of fused-ring (bicyclic) bond motifs is 3. The van der Waals surface area contributed by atoms with Crippen molar-refractivity contribution >= 4 is 38.2 Å². The molecule has 5 aromatic carbocycles. The molecule has 6 aromatic rings. The Morgan fingerprint density at radius 3 is 2.02 bits per heavy atom. The topological polar surface area (TPSA) is 8.81 Å². The van der Waals surface area contributed by atoms with Gasteiger partial charge in [0.1, 0.15) is 12.2 Å². The van der Waals surface area contributed by atoms with E-state index in [1.54, 1.807) is 0 Å². The maximum atomic E-state index is 4.05. The minimum atomic E-state index is 0.00122. The Balaban J connectivity index is 0.00000122. The van der Waals surface area contributed by atoms with Crippen LogP contribution in [0.4, 0.5) is 0 Å². The minimum Gasteiger partial charge on any atom is -0.221 e. The third kappa shape index (κ3) is 5.97. The van der Waals surface area contributed by atoms with Gasteiger partial charge in [-0.15, -0.1) is 0 Å². The Morgan fingerprint density at radius 1 is 0.765 bits per heavy atom. The summed E-state index contributed by atoms with van der Waals surface area (Å²) in [5.74, 6) is 1.25. The molecule has 0 fully saturated rings. The van der Waals surface area contributed by atoms with Crippen molar-refractivity contribution in [3.8, 4) is 16.8 Å². The van der Waals surface area contributed by atoms with Gasteiger partial charge in [0.25, 0.3) is 5.82 Å². The van der Waals surface area contributed by atoms with E-state index in [4.69, 9.17) is 0 Å². The van der Waals surface area contributed by atoms with E-state index in [2.05, 4.69) is 156 Å². The Hall–Kier alpha value is -4.69. The van der Waals surface area contributed by atoms with Crippen molar-refractivity contribution in [3.05, 3.63) is 137 Å². The van der Waals surface area contributed by atoms with Crippen LogP contribution in [0.25, 0.3) is 55.0 Å². The maximum Gasteiger partial charge on any atom is 0.295 e. The first kappa shape index (κ1) is 37.6. The van der Waals surface area contributed by atoms with Crippen molar-refractivity contribution in [1.29, 1.82) is 0 Å². The van der Waals surface area contributed by atoms with Crippen LogP contribution in [0, 0.1) is 27.7 Å². The smallest absolute Gasteiger partial charge is 0.221 e. The number of rotatable bonds is 7. The Bertz CT molecular complexity index is 2310. The molecular formula is C49H59N2+. The van der Waals surface area contributed by atoms with E-state index in [0.717, 1.165) is 19.4 Å². The Kier molecular flexibility index (Phi) is 11.3. The first-order valence-corrected chi connectivity index (χ1v) is 19.2. The van der Waals surface area contributed by atoms with E-state index in [1.807, 2.05) is 33.8 Å². The summed E-state index contributed by atoms with van der Waals surface area (Å²) >= 11 is 0. The minimum absolute atomic E-state index is 0.00122. The number of imidazole rings is 1. The monoisotopic (exact) mass is 675 g/mol. The quantitative estimate of drug-likeness (QED) is 0.0905. The normalized spacial score (nSPS) is 12.9. The molecule has 2 heteroatoms. The van der Waals surface area contributed by atoms with Crippen LogP contribution in [0.15, 0.2) is 103 Å². The molecule has 0 unspecified atom stereocenters. The Morgan fingerprint density at radius 2 is 1.41 bits per heavy atom. The fraction of sp³-hybridized carbons (Fsp3) is 0.327. The summed E-state index contributed by atoms with van der Waals surface area (Å²) in [7, 11) is 0. The molecule has 0 saturated carbocycles. The highest BCUT2D eigenvalue weighted by atomic mass is 15.2. The molecule has 0 aliphatic carbocycles. The largest absolute Gasteiger partial charge is 0.295 e. The SMILES string of the molecule is C=C/C=C\C(=C(C)C)c1n(-c2ccccc2C)c2c3c(C)cc(C)cc3c3c(-c4ccccc4C)ccc4c3c2[n+]1CC4(CC)CC.CC.CC. The average molecular weight is 676 g/mol. The zero-order chi connectivity index (χ0) is 37.2. The van der Waals surface area contributed by atoms with Crippen molar-refractivity contribution in [2.45, 2.75) is 108 Å². The molecule has 51 heavy (non-hydrogen) atoms. The second-order valence-corrected chi connectivity index (χ2v) is 14.0. The van der Waals surface area contributed by atoms with Crippen molar-refractivity contribution in [3.63, 3.8) is 0 Å². The van der Waals surface area contributed by atoms with Gasteiger partial charge in [0.2, 0.25) is 0 Å². The van der Waals surface area contributed by atoms with Crippen LogP contribution in [0.2, 0.25) is 0 Å². The number of hydrogen-bond acceptors (Lipinski definition) is 0. The lowest BCUT2D eigenvalue weighted by Crippen LogP contribution is -2.50. The number of benzene rings is 5. The number of aromatic nitrogens is 2. The molecule has 264 valence electrons. The summed E-state index contributed by atoms with van der Waals surface area (Å²) in [5.41, 5.74) is 15.7. The van der Waals surface area contributed by atoms with Gasteiger partial charge in [-0.05, 0) is 105 Å². The molecule has 0 spiro atoms. The summed E-state index contributed by atoms with van der Waals surface area (Å²) in [6.45, 7) is 31.3. The van der Waals surface area contributed by atoms with E-state index >= 15 is 0 Å². The van der Waals surface area contributed by atoms with Crippen LogP contribution in [0.1, 0.15) is 102 Å². The zero-order valence-corrected chi connectivity index (χ0v) is 33.4. The number of aryl methyl sites for hydroxylation is 4. The van der Waals surface area contributed by atoms with E-state index in [0.29, 0.717) is 0 Å². The zero-order valence-electron chi connectivity index (χ0n) is 33.4. The third-order valence-corrected chi connectivity index (χ3v) is 11.0. The van der Waals surface area contributed by atoms with Gasteiger partial charge in [0.05, 0.1) is 5.57 Å². The standard InChI is InChI=1S/C45H47N2.2C2H6/c1-10-13-20-33(28(4)5)44-46-27-45(11-2,12-3)37-24-23-35(34-21-16-14-18-30(34)7)40-36-26-29(6)25-32(9)39(36)43(42(46)41(37)40)47(44)38-22-17-15-19-31(38)8;2*1-2/h10,13-26H,1,11-12,27H2,2-9H3;2*1-2H3/q+1;;/b20-13-;;. The predicted octanol–water partition coefficient (Wildman–Crippen LogP) is 13.8. The molecule has 0 atom stereocenters. The number of hydrogen-bond donors (Lipinski definition) is 0. The molecule has 0 N–H and O–H groups in total. The van der Waals surface area contributed by atoms with E-state index in [9.17, 15) is 0 Å². The van der Waals surface area contributed by atoms with E-state index in [1.165, 1.54) is 94.2 Å². The maximum absolute atomic E-state index is 4.05. The first-order chi connectivity index (χ1) is 24.7. The summed E-state index contributed by atoms with van der Waals surface area (Å²) in [4.78, 5) is 0. The lowest BCUT2D eigenvalue weighted by atomic mass is 9.70. The highest BCUT2D eigenvalue weighted by Crippen LogP contribution is 2.50. The second-order valence-electron chi connectivity index (χ2n) is 14.0. The summed E-state index contributed by atoms with van der Waals surface area (Å²) in [6, 6.07) is 27.5. The fourth-order valence-corrected chi connectivity index (χ4v) is 8.54. The highest BCUT2D eigenvalue weighted by Gasteiger charge is 2.44. The van der Waals surface area contributed by atoms with Crippen molar-refractivity contribution in [1.82, 2.24) is 4.57 Å². The molecule has 7 rings (SSSR count). The lowest BCUT2D eigenvalue weighted by Gasteiger charge is -2.36. The lowest BCUT2D eigenvalue weighted by molar-refractivity contribution is -0.683. The van der Waals surface area contributed by atoms with Gasteiger partial charge < -0.3 is 0 Å². The van der Waals surface area contributed by atoms with Crippen LogP contribution >= 0.6 is 0 Å². The van der Waals surface area contributed by atoms with Gasteiger partial charge in [-0.1, -0.05) is 138 Å².